The third kappa shape index (κ3) is 4.14. The number of thioether (sulfide) groups is 1. The second-order valence-electron chi connectivity index (χ2n) is 8.03. The molecule has 1 N–H and O–H groups in total. The zero-order valence-electron chi connectivity index (χ0n) is 16.6. The van der Waals surface area contributed by atoms with E-state index in [1.165, 1.54) is 0 Å². The molecule has 0 aliphatic carbocycles. The van der Waals surface area contributed by atoms with Crippen LogP contribution >= 0.6 is 11.8 Å². The van der Waals surface area contributed by atoms with Gasteiger partial charge in [0.05, 0.1) is 12.1 Å². The highest BCUT2D eigenvalue weighted by atomic mass is 32.2. The minimum absolute atomic E-state index is 0.0396. The van der Waals surface area contributed by atoms with E-state index in [1.54, 1.807) is 11.8 Å². The van der Waals surface area contributed by atoms with Gasteiger partial charge in [0.1, 0.15) is 5.25 Å². The number of nitrogens with one attached hydrogen (secondary N) is 1. The van der Waals surface area contributed by atoms with Gasteiger partial charge in [-0.2, -0.15) is 0 Å². The van der Waals surface area contributed by atoms with Crippen molar-refractivity contribution >= 4 is 26.0 Å². The molecule has 3 atom stereocenters. The van der Waals surface area contributed by atoms with Crippen molar-refractivity contribution in [1.29, 1.82) is 0 Å². The van der Waals surface area contributed by atoms with E-state index < -0.39 is 8.32 Å². The average Bonchev–Trinajstić information content (AvgIpc) is 2.55. The van der Waals surface area contributed by atoms with Crippen molar-refractivity contribution in [3.63, 3.8) is 0 Å². The Morgan fingerprint density at radius 3 is 1.92 bits per heavy atom. The Balaban J connectivity index is 2.13. The summed E-state index contributed by atoms with van der Waals surface area (Å²) in [7, 11) is -1.94. The summed E-state index contributed by atoms with van der Waals surface area (Å²) < 4.78 is 6.85. The fourth-order valence-corrected chi connectivity index (χ4v) is 11.2. The Morgan fingerprint density at radius 2 is 1.48 bits per heavy atom. The molecule has 1 aromatic carbocycles. The van der Waals surface area contributed by atoms with Crippen LogP contribution in [0.15, 0.2) is 35.2 Å². The summed E-state index contributed by atoms with van der Waals surface area (Å²) in [5.41, 5.74) is 1.64. The molecule has 1 fully saturated rings. The minimum atomic E-state index is -1.94. The predicted molar refractivity (Wildman–Crippen MR) is 110 cm³/mol. The molecule has 1 aromatic rings. The summed E-state index contributed by atoms with van der Waals surface area (Å²) in [5, 5.41) is 3.03. The molecule has 3 nitrogen and oxygen atoms in total. The van der Waals surface area contributed by atoms with Crippen LogP contribution in [0.2, 0.25) is 16.6 Å². The van der Waals surface area contributed by atoms with E-state index in [0.717, 1.165) is 4.90 Å². The number of hydrogen-bond donors (Lipinski definition) is 1. The lowest BCUT2D eigenvalue weighted by Gasteiger charge is -2.48. The number of amides is 1. The summed E-state index contributed by atoms with van der Waals surface area (Å²) in [4.78, 5) is 13.3. The smallest absolute Gasteiger partial charge is 0.236 e. The molecule has 140 valence electrons. The molecule has 0 saturated carbocycles. The molecule has 5 heteroatoms. The Bertz CT molecular complexity index is 555. The van der Waals surface area contributed by atoms with Gasteiger partial charge in [0.25, 0.3) is 0 Å². The molecule has 2 rings (SSSR count). The molecule has 1 saturated heterocycles. The summed E-state index contributed by atoms with van der Waals surface area (Å²) in [6.45, 7) is 15.9. The van der Waals surface area contributed by atoms with E-state index in [0.29, 0.717) is 16.6 Å². The highest BCUT2D eigenvalue weighted by Crippen LogP contribution is 2.44. The van der Waals surface area contributed by atoms with Crippen LogP contribution in [0.3, 0.4) is 0 Å². The maximum atomic E-state index is 12.1. The third-order valence-corrected chi connectivity index (χ3v) is 13.0. The van der Waals surface area contributed by atoms with Gasteiger partial charge in [0.2, 0.25) is 14.2 Å². The standard InChI is InChI=1S/C20H33NO2SSi/c1-13(2)25(14(3)4,15(5)6)23-16(7)18-19(20(22)21-18)24-17-11-9-8-10-12-17/h8-16,18-19H,1-7H3,(H,21,22)/t16-,18+,19+/m0/s1. The van der Waals surface area contributed by atoms with Crippen LogP contribution in [-0.4, -0.2) is 31.6 Å². The van der Waals surface area contributed by atoms with Gasteiger partial charge in [-0.25, -0.2) is 0 Å². The van der Waals surface area contributed by atoms with Crippen molar-refractivity contribution in [2.45, 2.75) is 87.4 Å². The molecule has 1 heterocycles. The molecule has 1 aliphatic rings. The molecule has 1 aliphatic heterocycles. The first kappa shape index (κ1) is 20.5. The van der Waals surface area contributed by atoms with Gasteiger partial charge in [-0.15, -0.1) is 11.8 Å². The molecule has 0 unspecified atom stereocenters. The van der Waals surface area contributed by atoms with Gasteiger partial charge < -0.3 is 9.74 Å². The SMILES string of the molecule is CC(C)[Si](O[C@@H](C)[C@H]1NC(=O)[C@@H]1Sc1ccccc1)(C(C)C)C(C)C. The van der Waals surface area contributed by atoms with Gasteiger partial charge in [-0.3, -0.25) is 4.79 Å². The first-order valence-electron chi connectivity index (χ1n) is 9.40. The summed E-state index contributed by atoms with van der Waals surface area (Å²) in [6.07, 6.45) is 0.0396. The number of carbonyl (C=O) groups excluding carboxylic acids is 1. The molecular weight excluding hydrogens is 346 g/mol. The Kier molecular flexibility index (Phi) is 6.79. The topological polar surface area (TPSA) is 38.3 Å². The molecule has 25 heavy (non-hydrogen) atoms. The van der Waals surface area contributed by atoms with Crippen molar-refractivity contribution in [3.05, 3.63) is 30.3 Å². The third-order valence-electron chi connectivity index (χ3n) is 5.50. The van der Waals surface area contributed by atoms with Crippen molar-refractivity contribution in [2.24, 2.45) is 0 Å². The molecule has 0 radical (unpaired) electrons. The van der Waals surface area contributed by atoms with Crippen LogP contribution < -0.4 is 5.32 Å². The van der Waals surface area contributed by atoms with Crippen LogP contribution in [0.5, 0.6) is 0 Å². The fraction of sp³-hybridized carbons (Fsp3) is 0.650. The molecule has 1 amide bonds. The lowest BCUT2D eigenvalue weighted by Crippen LogP contribution is -2.67. The second kappa shape index (κ2) is 8.27. The largest absolute Gasteiger partial charge is 0.411 e. The van der Waals surface area contributed by atoms with Crippen molar-refractivity contribution < 1.29 is 9.22 Å². The first-order valence-corrected chi connectivity index (χ1v) is 12.4. The quantitative estimate of drug-likeness (QED) is 0.497. The maximum Gasteiger partial charge on any atom is 0.236 e. The zero-order valence-corrected chi connectivity index (χ0v) is 18.4. The number of hydrogen-bond acceptors (Lipinski definition) is 3. The van der Waals surface area contributed by atoms with Crippen molar-refractivity contribution in [3.8, 4) is 0 Å². The highest BCUT2D eigenvalue weighted by molar-refractivity contribution is 8.00. The van der Waals surface area contributed by atoms with E-state index in [-0.39, 0.29) is 23.3 Å². The normalized spacial score (nSPS) is 22.2. The van der Waals surface area contributed by atoms with Gasteiger partial charge in [0.15, 0.2) is 0 Å². The lowest BCUT2D eigenvalue weighted by atomic mass is 10.0. The average molecular weight is 380 g/mol. The van der Waals surface area contributed by atoms with Gasteiger partial charge in [0, 0.05) is 4.90 Å². The number of rotatable bonds is 8. The van der Waals surface area contributed by atoms with E-state index in [9.17, 15) is 4.79 Å². The second-order valence-corrected chi connectivity index (χ2v) is 14.6. The van der Waals surface area contributed by atoms with Gasteiger partial charge in [-0.1, -0.05) is 59.7 Å². The fourth-order valence-electron chi connectivity index (χ4n) is 4.33. The highest BCUT2D eigenvalue weighted by Gasteiger charge is 2.50. The Morgan fingerprint density at radius 1 is 0.960 bits per heavy atom. The first-order chi connectivity index (χ1) is 11.7. The predicted octanol–water partition coefficient (Wildman–Crippen LogP) is 5.23. The summed E-state index contributed by atoms with van der Waals surface area (Å²) >= 11 is 1.65. The van der Waals surface area contributed by atoms with Crippen molar-refractivity contribution in [2.75, 3.05) is 0 Å². The molecule has 0 spiro atoms. The van der Waals surface area contributed by atoms with Crippen LogP contribution in [0, 0.1) is 0 Å². The van der Waals surface area contributed by atoms with Gasteiger partial charge >= 0.3 is 0 Å². The van der Waals surface area contributed by atoms with Crippen LogP contribution in [0.4, 0.5) is 0 Å². The van der Waals surface area contributed by atoms with Gasteiger partial charge in [-0.05, 0) is 35.7 Å². The van der Waals surface area contributed by atoms with Crippen LogP contribution in [0.25, 0.3) is 0 Å². The number of β-lactam (4-membered cyclic amide) rings is 1. The Labute approximate surface area is 158 Å². The Hall–Kier alpha value is -0.783. The lowest BCUT2D eigenvalue weighted by molar-refractivity contribution is -0.129. The molecule has 0 aromatic heterocycles. The summed E-state index contributed by atoms with van der Waals surface area (Å²) in [6, 6.07) is 10.2. The number of carbonyl (C=O) groups is 1. The van der Waals surface area contributed by atoms with E-state index in [1.807, 2.05) is 18.2 Å². The van der Waals surface area contributed by atoms with Crippen LogP contribution in [0.1, 0.15) is 48.5 Å². The van der Waals surface area contributed by atoms with E-state index >= 15 is 0 Å². The monoisotopic (exact) mass is 379 g/mol. The van der Waals surface area contributed by atoms with E-state index in [4.69, 9.17) is 4.43 Å². The van der Waals surface area contributed by atoms with Crippen molar-refractivity contribution in [1.82, 2.24) is 5.32 Å². The molecular formula is C20H33NO2SSi. The number of benzene rings is 1. The molecule has 0 bridgehead atoms. The van der Waals surface area contributed by atoms with E-state index in [2.05, 4.69) is 65.9 Å². The summed E-state index contributed by atoms with van der Waals surface area (Å²) in [5.74, 6) is 0.125. The minimum Gasteiger partial charge on any atom is -0.411 e. The van der Waals surface area contributed by atoms with Crippen LogP contribution in [-0.2, 0) is 9.22 Å². The maximum absolute atomic E-state index is 12.1. The zero-order chi connectivity index (χ0) is 18.8.